The van der Waals surface area contributed by atoms with Crippen LogP contribution in [0, 0.1) is 15.9 Å². The first-order valence-corrected chi connectivity index (χ1v) is 4.83. The number of nitrogens with zero attached hydrogens (tertiary/aromatic N) is 1. The van der Waals surface area contributed by atoms with E-state index in [0.29, 0.717) is 0 Å². The Labute approximate surface area is 100.0 Å². The van der Waals surface area contributed by atoms with E-state index < -0.39 is 22.4 Å². The summed E-state index contributed by atoms with van der Waals surface area (Å²) >= 11 is 0. The predicted octanol–water partition coefficient (Wildman–Crippen LogP) is 2.14. The lowest BCUT2D eigenvalue weighted by atomic mass is 10.1. The lowest BCUT2D eigenvalue weighted by Gasteiger charge is -1.99. The molecule has 92 valence electrons. The molecule has 0 radical (unpaired) electrons. The highest BCUT2D eigenvalue weighted by atomic mass is 19.1. The molecule has 0 saturated carbocycles. The topological polar surface area (TPSA) is 99.4 Å². The number of nitrogen functional groups attached to an aromatic ring is 1. The molecule has 0 amide bonds. The minimum atomic E-state index is -0.764. The van der Waals surface area contributed by atoms with Crippen LogP contribution in [0.25, 0.3) is 0 Å². The molecule has 6 nitrogen and oxygen atoms in total. The van der Waals surface area contributed by atoms with Crippen LogP contribution in [0.1, 0.15) is 16.1 Å². The third kappa shape index (κ3) is 2.05. The maximum absolute atomic E-state index is 13.2. The van der Waals surface area contributed by atoms with Gasteiger partial charge >= 0.3 is 5.88 Å². The maximum atomic E-state index is 13.2. The first-order valence-electron chi connectivity index (χ1n) is 4.83. The van der Waals surface area contributed by atoms with Gasteiger partial charge in [0.05, 0.1) is 11.8 Å². The molecule has 0 aliphatic heterocycles. The number of carbonyl (C=O) groups is 1. The summed E-state index contributed by atoms with van der Waals surface area (Å²) in [6.45, 7) is 0. The molecule has 1 aromatic heterocycles. The summed E-state index contributed by atoms with van der Waals surface area (Å²) in [6.07, 6.45) is 0. The fraction of sp³-hybridized carbons (Fsp3) is 0. The number of hydrogen-bond acceptors (Lipinski definition) is 5. The number of carbonyl (C=O) groups excluding carboxylic acids is 1. The Balaban J connectivity index is 2.35. The van der Waals surface area contributed by atoms with Crippen LogP contribution in [-0.4, -0.2) is 10.7 Å². The largest absolute Gasteiger partial charge is 0.433 e. The number of nitro groups is 1. The number of ketones is 1. The minimum absolute atomic E-state index is 0.00551. The van der Waals surface area contributed by atoms with Crippen LogP contribution in [0.4, 0.5) is 16.0 Å². The number of rotatable bonds is 3. The van der Waals surface area contributed by atoms with E-state index in [0.717, 1.165) is 18.2 Å². The van der Waals surface area contributed by atoms with Crippen molar-refractivity contribution in [1.29, 1.82) is 0 Å². The van der Waals surface area contributed by atoms with Crippen LogP contribution in [0.3, 0.4) is 0 Å². The number of anilines is 1. The third-order valence-corrected chi connectivity index (χ3v) is 2.26. The van der Waals surface area contributed by atoms with Gasteiger partial charge in [0.15, 0.2) is 5.76 Å². The molecule has 2 N–H and O–H groups in total. The Bertz CT molecular complexity index is 636. The van der Waals surface area contributed by atoms with Gasteiger partial charge in [-0.25, -0.2) is 4.39 Å². The van der Waals surface area contributed by atoms with Crippen molar-refractivity contribution in [2.75, 3.05) is 5.73 Å². The summed E-state index contributed by atoms with van der Waals surface area (Å²) in [5, 5.41) is 10.4. The molecule has 0 unspecified atom stereocenters. The molecule has 0 aliphatic carbocycles. The van der Waals surface area contributed by atoms with Crippen LogP contribution >= 0.6 is 0 Å². The predicted molar refractivity (Wildman–Crippen MR) is 59.6 cm³/mol. The Hall–Kier alpha value is -2.70. The van der Waals surface area contributed by atoms with Gasteiger partial charge in [-0.3, -0.25) is 14.9 Å². The molecule has 1 aromatic carbocycles. The van der Waals surface area contributed by atoms with Crippen molar-refractivity contribution in [3.63, 3.8) is 0 Å². The second-order valence-corrected chi connectivity index (χ2v) is 3.46. The molecule has 0 bridgehead atoms. The van der Waals surface area contributed by atoms with E-state index in [1.165, 1.54) is 12.1 Å². The number of halogens is 1. The third-order valence-electron chi connectivity index (χ3n) is 2.26. The minimum Gasteiger partial charge on any atom is -0.397 e. The summed E-state index contributed by atoms with van der Waals surface area (Å²) in [6, 6.07) is 5.72. The molecule has 2 rings (SSSR count). The molecule has 2 aromatic rings. The number of hydrogen-bond donors (Lipinski definition) is 1. The molecule has 0 fully saturated rings. The van der Waals surface area contributed by atoms with E-state index >= 15 is 0 Å². The van der Waals surface area contributed by atoms with E-state index in [4.69, 9.17) is 10.2 Å². The van der Waals surface area contributed by atoms with Crippen molar-refractivity contribution >= 4 is 17.4 Å². The van der Waals surface area contributed by atoms with E-state index in [1.807, 2.05) is 0 Å². The van der Waals surface area contributed by atoms with Crippen molar-refractivity contribution in [3.8, 4) is 0 Å². The van der Waals surface area contributed by atoms with E-state index in [2.05, 4.69) is 0 Å². The van der Waals surface area contributed by atoms with Gasteiger partial charge in [-0.05, 0) is 24.3 Å². The molecule has 0 atom stereocenters. The molecular formula is C11H7FN2O4. The Morgan fingerprint density at radius 3 is 2.61 bits per heavy atom. The van der Waals surface area contributed by atoms with Gasteiger partial charge in [-0.2, -0.15) is 0 Å². The zero-order chi connectivity index (χ0) is 13.3. The van der Waals surface area contributed by atoms with Crippen LogP contribution in [0.15, 0.2) is 34.7 Å². The lowest BCUT2D eigenvalue weighted by molar-refractivity contribution is -0.402. The quantitative estimate of drug-likeness (QED) is 0.389. The van der Waals surface area contributed by atoms with Gasteiger partial charge in [-0.1, -0.05) is 0 Å². The van der Waals surface area contributed by atoms with Crippen LogP contribution in [0.2, 0.25) is 0 Å². The highest BCUT2D eigenvalue weighted by molar-refractivity contribution is 6.07. The average molecular weight is 250 g/mol. The number of benzene rings is 1. The van der Waals surface area contributed by atoms with E-state index in [9.17, 15) is 19.3 Å². The molecule has 7 heteroatoms. The van der Waals surface area contributed by atoms with Crippen molar-refractivity contribution in [2.45, 2.75) is 0 Å². The van der Waals surface area contributed by atoms with E-state index in [-0.39, 0.29) is 17.0 Å². The lowest BCUT2D eigenvalue weighted by Crippen LogP contribution is -2.01. The zero-order valence-electron chi connectivity index (χ0n) is 8.92. The van der Waals surface area contributed by atoms with Crippen molar-refractivity contribution < 1.29 is 18.5 Å². The van der Waals surface area contributed by atoms with Crippen LogP contribution in [-0.2, 0) is 0 Å². The fourth-order valence-electron chi connectivity index (χ4n) is 1.36. The monoisotopic (exact) mass is 250 g/mol. The Morgan fingerprint density at radius 1 is 1.33 bits per heavy atom. The summed E-state index contributed by atoms with van der Waals surface area (Å²) in [5.41, 5.74) is 5.19. The molecule has 18 heavy (non-hydrogen) atoms. The van der Waals surface area contributed by atoms with Gasteiger partial charge < -0.3 is 10.2 Å². The normalized spacial score (nSPS) is 10.3. The number of nitrogens with two attached hydrogens (primary N) is 1. The smallest absolute Gasteiger partial charge is 0.397 e. The molecular weight excluding hydrogens is 243 g/mol. The summed E-state index contributed by atoms with van der Waals surface area (Å²) in [7, 11) is 0. The molecule has 0 saturated heterocycles. The Kier molecular flexibility index (Phi) is 2.80. The highest BCUT2D eigenvalue weighted by Gasteiger charge is 2.19. The molecule has 0 aliphatic rings. The van der Waals surface area contributed by atoms with Gasteiger partial charge in [-0.15, -0.1) is 0 Å². The van der Waals surface area contributed by atoms with Crippen LogP contribution in [0.5, 0.6) is 0 Å². The molecule has 1 heterocycles. The number of furan rings is 1. The van der Waals surface area contributed by atoms with Gasteiger partial charge in [0.1, 0.15) is 10.7 Å². The maximum Gasteiger partial charge on any atom is 0.433 e. The van der Waals surface area contributed by atoms with Gasteiger partial charge in [0, 0.05) is 5.56 Å². The summed E-state index contributed by atoms with van der Waals surface area (Å²) in [4.78, 5) is 21.5. The fourth-order valence-corrected chi connectivity index (χ4v) is 1.36. The van der Waals surface area contributed by atoms with Crippen LogP contribution < -0.4 is 5.73 Å². The zero-order valence-corrected chi connectivity index (χ0v) is 8.92. The van der Waals surface area contributed by atoms with Crippen molar-refractivity contribution in [1.82, 2.24) is 0 Å². The first kappa shape index (κ1) is 11.8. The summed E-state index contributed by atoms with van der Waals surface area (Å²) < 4.78 is 17.9. The van der Waals surface area contributed by atoms with Crippen molar-refractivity contribution in [3.05, 3.63) is 57.6 Å². The molecule has 0 spiro atoms. The highest BCUT2D eigenvalue weighted by Crippen LogP contribution is 2.20. The Morgan fingerprint density at radius 2 is 2.06 bits per heavy atom. The van der Waals surface area contributed by atoms with Gasteiger partial charge in [0.25, 0.3) is 0 Å². The van der Waals surface area contributed by atoms with Gasteiger partial charge in [0.2, 0.25) is 5.78 Å². The first-order chi connectivity index (χ1) is 8.49. The summed E-state index contributed by atoms with van der Waals surface area (Å²) in [5.74, 6) is -2.16. The second kappa shape index (κ2) is 4.28. The average Bonchev–Trinajstić information content (AvgIpc) is 2.81. The SMILES string of the molecule is Nc1ccc(C(=O)c2ccc([N+](=O)[O-])o2)cc1F. The second-order valence-electron chi connectivity index (χ2n) is 3.46. The standard InChI is InChI=1S/C11H7FN2O4/c12-7-5-6(1-2-8(7)13)11(15)9-3-4-10(18-9)14(16)17/h1-5H,13H2. The van der Waals surface area contributed by atoms with E-state index in [1.54, 1.807) is 0 Å². The van der Waals surface area contributed by atoms with Crippen molar-refractivity contribution in [2.24, 2.45) is 0 Å².